The Morgan fingerprint density at radius 1 is 1.04 bits per heavy atom. The summed E-state index contributed by atoms with van der Waals surface area (Å²) in [5.41, 5.74) is 5.30. The minimum Gasteiger partial charge on any atom is -0.508 e. The van der Waals surface area contributed by atoms with Gasteiger partial charge in [0.05, 0.1) is 0 Å². The largest absolute Gasteiger partial charge is 0.508 e. The van der Waals surface area contributed by atoms with Crippen molar-refractivity contribution in [3.8, 4) is 5.75 Å². The van der Waals surface area contributed by atoms with Gasteiger partial charge in [0.2, 0.25) is 0 Å². The molecule has 0 spiro atoms. The number of hydrogen-bond donors (Lipinski definition) is 2. The smallest absolute Gasteiger partial charge is 0.116 e. The molecule has 3 heteroatoms. The Morgan fingerprint density at radius 3 is 2.79 bits per heavy atom. The van der Waals surface area contributed by atoms with E-state index in [4.69, 9.17) is 0 Å². The van der Waals surface area contributed by atoms with E-state index in [1.807, 2.05) is 12.1 Å². The maximum Gasteiger partial charge on any atom is 0.116 e. The molecule has 0 radical (unpaired) electrons. The zero-order valence-corrected chi connectivity index (χ0v) is 14.0. The van der Waals surface area contributed by atoms with Crippen LogP contribution in [-0.4, -0.2) is 28.1 Å². The topological polar surface area (TPSA) is 39.3 Å². The molecule has 2 N–H and O–H groups in total. The van der Waals surface area contributed by atoms with Crippen molar-refractivity contribution in [3.05, 3.63) is 65.4 Å². The molecule has 3 aromatic rings. The van der Waals surface area contributed by atoms with Gasteiger partial charge in [-0.05, 0) is 61.6 Å². The lowest BCUT2D eigenvalue weighted by Crippen LogP contribution is -2.31. The number of aromatic hydroxyl groups is 1. The Bertz CT molecular complexity index is 822. The first kappa shape index (κ1) is 15.3. The minimum atomic E-state index is 0.354. The summed E-state index contributed by atoms with van der Waals surface area (Å²) in [6, 6.07) is 16.4. The Balaban J connectivity index is 1.34. The summed E-state index contributed by atoms with van der Waals surface area (Å²) in [4.78, 5) is 6.08. The van der Waals surface area contributed by atoms with Gasteiger partial charge in [0, 0.05) is 29.7 Å². The number of phenolic OH excluding ortho intramolecular Hbond substituents is 1. The molecule has 0 unspecified atom stereocenters. The van der Waals surface area contributed by atoms with Gasteiger partial charge < -0.3 is 10.1 Å². The highest BCUT2D eigenvalue weighted by Crippen LogP contribution is 2.30. The first-order valence-electron chi connectivity index (χ1n) is 8.88. The molecule has 1 aliphatic rings. The summed E-state index contributed by atoms with van der Waals surface area (Å²) >= 11 is 0. The molecule has 3 nitrogen and oxygen atoms in total. The fraction of sp³-hybridized carbons (Fsp3) is 0.333. The van der Waals surface area contributed by atoms with Crippen LogP contribution in [0.5, 0.6) is 5.75 Å². The number of aromatic amines is 1. The number of fused-ring (bicyclic) bond motifs is 3. The van der Waals surface area contributed by atoms with Gasteiger partial charge in [0.25, 0.3) is 0 Å². The van der Waals surface area contributed by atoms with Crippen molar-refractivity contribution >= 4 is 10.9 Å². The van der Waals surface area contributed by atoms with Crippen LogP contribution in [0.2, 0.25) is 0 Å². The zero-order valence-electron chi connectivity index (χ0n) is 14.0. The first-order chi connectivity index (χ1) is 11.8. The number of nitrogens with one attached hydrogen (secondary N) is 1. The molecule has 0 amide bonds. The van der Waals surface area contributed by atoms with Crippen LogP contribution in [0.15, 0.2) is 48.5 Å². The van der Waals surface area contributed by atoms with E-state index in [2.05, 4.69) is 40.2 Å². The number of benzene rings is 2. The van der Waals surface area contributed by atoms with Crippen molar-refractivity contribution in [2.24, 2.45) is 0 Å². The predicted octanol–water partition coefficient (Wildman–Crippen LogP) is 4.25. The van der Waals surface area contributed by atoms with Crippen molar-refractivity contribution in [1.82, 2.24) is 9.88 Å². The Morgan fingerprint density at radius 2 is 1.92 bits per heavy atom. The van der Waals surface area contributed by atoms with Crippen molar-refractivity contribution in [3.63, 3.8) is 0 Å². The summed E-state index contributed by atoms with van der Waals surface area (Å²) in [6.45, 7) is 3.27. The van der Waals surface area contributed by atoms with Crippen LogP contribution in [0, 0.1) is 0 Å². The molecule has 2 heterocycles. The van der Waals surface area contributed by atoms with Gasteiger partial charge in [-0.15, -0.1) is 0 Å². The summed E-state index contributed by atoms with van der Waals surface area (Å²) in [6.07, 6.45) is 4.72. The standard InChI is InChI=1S/C21H24N2O/c24-17-9-10-20-19(14-17)18-11-13-23(15-21(18)22-20)12-5-4-8-16-6-2-1-3-7-16/h1-3,6-7,9-10,14,22,24H,4-5,8,11-13,15H2. The SMILES string of the molecule is Oc1ccc2[nH]c3c(c2c1)CCN(CCCCc1ccccc1)C3. The van der Waals surface area contributed by atoms with Gasteiger partial charge in [0.15, 0.2) is 0 Å². The van der Waals surface area contributed by atoms with Crippen molar-refractivity contribution in [1.29, 1.82) is 0 Å². The molecule has 0 atom stereocenters. The Labute approximate surface area is 142 Å². The average Bonchev–Trinajstić information content (AvgIpc) is 2.97. The summed E-state index contributed by atoms with van der Waals surface area (Å²) < 4.78 is 0. The normalized spacial score (nSPS) is 14.8. The van der Waals surface area contributed by atoms with Crippen LogP contribution >= 0.6 is 0 Å². The third-order valence-corrected chi connectivity index (χ3v) is 5.07. The third kappa shape index (κ3) is 3.17. The van der Waals surface area contributed by atoms with Gasteiger partial charge in [-0.2, -0.15) is 0 Å². The number of phenols is 1. The lowest BCUT2D eigenvalue weighted by atomic mass is 10.0. The fourth-order valence-electron chi connectivity index (χ4n) is 3.78. The maximum atomic E-state index is 9.72. The van der Waals surface area contributed by atoms with Crippen molar-refractivity contribution in [2.45, 2.75) is 32.2 Å². The Kier molecular flexibility index (Phi) is 4.26. The van der Waals surface area contributed by atoms with E-state index in [9.17, 15) is 5.11 Å². The average molecular weight is 320 g/mol. The van der Waals surface area contributed by atoms with E-state index in [1.165, 1.54) is 41.5 Å². The molecule has 4 rings (SSSR count). The molecule has 0 saturated carbocycles. The lowest BCUT2D eigenvalue weighted by molar-refractivity contribution is 0.247. The van der Waals surface area contributed by atoms with Crippen LogP contribution in [0.3, 0.4) is 0 Å². The highest BCUT2D eigenvalue weighted by molar-refractivity contribution is 5.86. The molecule has 1 aromatic heterocycles. The van der Waals surface area contributed by atoms with E-state index >= 15 is 0 Å². The molecule has 124 valence electrons. The zero-order chi connectivity index (χ0) is 16.4. The highest BCUT2D eigenvalue weighted by atomic mass is 16.3. The van der Waals surface area contributed by atoms with Crippen LogP contribution in [0.1, 0.15) is 29.7 Å². The summed E-state index contributed by atoms with van der Waals surface area (Å²) in [5.74, 6) is 0.354. The molecular weight excluding hydrogens is 296 g/mol. The number of rotatable bonds is 5. The third-order valence-electron chi connectivity index (χ3n) is 5.07. The molecule has 0 saturated heterocycles. The molecule has 2 aromatic carbocycles. The summed E-state index contributed by atoms with van der Waals surface area (Å²) in [5, 5.41) is 10.9. The second-order valence-corrected chi connectivity index (χ2v) is 6.78. The second kappa shape index (κ2) is 6.70. The Hall–Kier alpha value is -2.26. The van der Waals surface area contributed by atoms with E-state index < -0.39 is 0 Å². The first-order valence-corrected chi connectivity index (χ1v) is 8.88. The monoisotopic (exact) mass is 320 g/mol. The molecule has 24 heavy (non-hydrogen) atoms. The van der Waals surface area contributed by atoms with E-state index in [1.54, 1.807) is 6.07 Å². The van der Waals surface area contributed by atoms with Crippen LogP contribution < -0.4 is 0 Å². The molecule has 0 fully saturated rings. The van der Waals surface area contributed by atoms with Gasteiger partial charge in [-0.25, -0.2) is 0 Å². The predicted molar refractivity (Wildman–Crippen MR) is 98.3 cm³/mol. The number of aromatic nitrogens is 1. The van der Waals surface area contributed by atoms with E-state index in [-0.39, 0.29) is 0 Å². The fourth-order valence-corrected chi connectivity index (χ4v) is 3.78. The number of unbranched alkanes of at least 4 members (excludes halogenated alkanes) is 1. The number of hydrogen-bond acceptors (Lipinski definition) is 2. The van der Waals surface area contributed by atoms with E-state index in [0.29, 0.717) is 5.75 Å². The lowest BCUT2D eigenvalue weighted by Gasteiger charge is -2.26. The molecular formula is C21H24N2O. The van der Waals surface area contributed by atoms with Crippen molar-refractivity contribution < 1.29 is 5.11 Å². The van der Waals surface area contributed by atoms with Crippen LogP contribution in [0.4, 0.5) is 0 Å². The number of nitrogens with zero attached hydrogens (tertiary/aromatic N) is 1. The maximum absolute atomic E-state index is 9.72. The van der Waals surface area contributed by atoms with Gasteiger partial charge >= 0.3 is 0 Å². The quantitative estimate of drug-likeness (QED) is 0.690. The number of H-pyrrole nitrogens is 1. The van der Waals surface area contributed by atoms with Crippen LogP contribution in [-0.2, 0) is 19.4 Å². The second-order valence-electron chi connectivity index (χ2n) is 6.78. The molecule has 1 aliphatic heterocycles. The highest BCUT2D eigenvalue weighted by Gasteiger charge is 2.20. The van der Waals surface area contributed by atoms with Crippen LogP contribution in [0.25, 0.3) is 10.9 Å². The minimum absolute atomic E-state index is 0.354. The summed E-state index contributed by atoms with van der Waals surface area (Å²) in [7, 11) is 0. The van der Waals surface area contributed by atoms with Crippen molar-refractivity contribution in [2.75, 3.05) is 13.1 Å². The van der Waals surface area contributed by atoms with Gasteiger partial charge in [0.1, 0.15) is 5.75 Å². The van der Waals surface area contributed by atoms with Gasteiger partial charge in [-0.3, -0.25) is 4.90 Å². The molecule has 0 bridgehead atoms. The molecule has 0 aliphatic carbocycles. The van der Waals surface area contributed by atoms with Gasteiger partial charge in [-0.1, -0.05) is 30.3 Å². The van der Waals surface area contributed by atoms with E-state index in [0.717, 1.165) is 31.6 Å². The number of aryl methyl sites for hydroxylation is 1.